The first kappa shape index (κ1) is 30.7. The summed E-state index contributed by atoms with van der Waals surface area (Å²) in [5.41, 5.74) is 0. The van der Waals surface area contributed by atoms with E-state index in [9.17, 15) is 0 Å². The van der Waals surface area contributed by atoms with Crippen LogP contribution < -0.4 is 20.7 Å². The summed E-state index contributed by atoms with van der Waals surface area (Å²) in [6.45, 7) is 26.5. The second kappa shape index (κ2) is 10.9. The molecule has 0 amide bonds. The van der Waals surface area contributed by atoms with E-state index in [-0.39, 0.29) is 10.1 Å². The molecule has 0 fully saturated rings. The van der Waals surface area contributed by atoms with Gasteiger partial charge in [0.1, 0.15) is 14.2 Å². The molecule has 0 bridgehead atoms. The van der Waals surface area contributed by atoms with Gasteiger partial charge in [0.25, 0.3) is 0 Å². The third kappa shape index (κ3) is 4.43. The van der Waals surface area contributed by atoms with Gasteiger partial charge in [-0.3, -0.25) is 0 Å². The molecule has 0 heterocycles. The minimum absolute atomic E-state index is 0.203. The van der Waals surface area contributed by atoms with Gasteiger partial charge in [-0.2, -0.15) is 0 Å². The molecule has 0 aliphatic carbocycles. The van der Waals surface area contributed by atoms with Gasteiger partial charge in [-0.25, -0.2) is 0 Å². The largest absolute Gasteiger partial charge is 0.112 e. The van der Waals surface area contributed by atoms with Crippen molar-refractivity contribution in [3.8, 4) is 0 Å². The highest BCUT2D eigenvalue weighted by atomic mass is 29.8. The van der Waals surface area contributed by atoms with Crippen molar-refractivity contribution in [1.82, 2.24) is 0 Å². The fraction of sp³-hybridized carbons (Fsp3) is 0.333. The van der Waals surface area contributed by atoms with Crippen molar-refractivity contribution in [1.29, 1.82) is 0 Å². The van der Waals surface area contributed by atoms with Crippen LogP contribution in [0.15, 0.2) is 121 Å². The van der Waals surface area contributed by atoms with E-state index in [1.54, 1.807) is 20.7 Å². The summed E-state index contributed by atoms with van der Waals surface area (Å²) < 4.78 is 0. The number of hydrogen-bond acceptors (Lipinski definition) is 0. The van der Waals surface area contributed by atoms with Gasteiger partial charge in [-0.05, 0) is 10.1 Å². The Hall–Kier alpha value is -2.25. The Morgan fingerprint density at radius 3 is 0.650 bits per heavy atom. The van der Waals surface area contributed by atoms with Crippen molar-refractivity contribution < 1.29 is 0 Å². The Labute approximate surface area is 248 Å². The summed E-state index contributed by atoms with van der Waals surface area (Å²) in [4.78, 5) is 0. The molecule has 0 N–H and O–H groups in total. The molecule has 210 valence electrons. The molecule has 0 radical (unpaired) electrons. The van der Waals surface area contributed by atoms with Crippen LogP contribution in [0.5, 0.6) is 0 Å². The Bertz CT molecular complexity index is 1190. The molecule has 4 rings (SSSR count). The summed E-state index contributed by atoms with van der Waals surface area (Å²) in [5, 5.41) is 7.01. The first-order valence-corrected chi connectivity index (χ1v) is 27.9. The molecule has 0 saturated heterocycles. The molecule has 0 saturated carbocycles. The van der Waals surface area contributed by atoms with Crippen LogP contribution in [0, 0.1) is 0 Å². The topological polar surface area (TPSA) is 0 Å². The van der Waals surface area contributed by atoms with Crippen molar-refractivity contribution in [2.24, 2.45) is 0 Å². The summed E-state index contributed by atoms with van der Waals surface area (Å²) in [5.74, 6) is 0. The zero-order valence-electron chi connectivity index (χ0n) is 26.5. The van der Waals surface area contributed by atoms with Crippen LogP contribution in [0.4, 0.5) is 0 Å². The van der Waals surface area contributed by atoms with E-state index in [1.165, 1.54) is 0 Å². The smallest absolute Gasteiger partial charge is 0.0705 e. The van der Waals surface area contributed by atoms with Crippen molar-refractivity contribution in [2.75, 3.05) is 0 Å². The van der Waals surface area contributed by atoms with E-state index >= 15 is 0 Å². The van der Waals surface area contributed by atoms with E-state index in [1.807, 2.05) is 0 Å². The highest BCUT2D eigenvalue weighted by Gasteiger charge is 2.75. The Kier molecular flexibility index (Phi) is 8.34. The Morgan fingerprint density at radius 2 is 0.500 bits per heavy atom. The molecular formula is C36H50Si4. The maximum atomic E-state index is 2.78. The molecule has 0 atom stereocenters. The van der Waals surface area contributed by atoms with Crippen LogP contribution in [-0.4, -0.2) is 29.4 Å². The predicted molar refractivity (Wildman–Crippen MR) is 190 cm³/mol. The van der Waals surface area contributed by atoms with Crippen LogP contribution in [-0.2, 0) is 0 Å². The zero-order chi connectivity index (χ0) is 29.5. The van der Waals surface area contributed by atoms with Crippen LogP contribution in [0.3, 0.4) is 0 Å². The Balaban J connectivity index is 2.49. The van der Waals surface area contributed by atoms with Crippen LogP contribution in [0.25, 0.3) is 0 Å². The lowest BCUT2D eigenvalue weighted by Crippen LogP contribution is -3.01. The van der Waals surface area contributed by atoms with Gasteiger partial charge in [-0.1, -0.05) is 210 Å². The maximum absolute atomic E-state index is 2.78. The lowest BCUT2D eigenvalue weighted by molar-refractivity contribution is 0.731. The molecule has 0 aliphatic heterocycles. The minimum atomic E-state index is -2.58. The molecule has 40 heavy (non-hydrogen) atoms. The number of benzene rings is 4. The van der Waals surface area contributed by atoms with Gasteiger partial charge in [0.05, 0.1) is 15.2 Å². The van der Waals surface area contributed by atoms with E-state index in [4.69, 9.17) is 0 Å². The highest BCUT2D eigenvalue weighted by molar-refractivity contribution is 7.95. The molecule has 4 heteroatoms. The third-order valence-corrected chi connectivity index (χ3v) is 74.5. The minimum Gasteiger partial charge on any atom is -0.0705 e. The van der Waals surface area contributed by atoms with Gasteiger partial charge in [0, 0.05) is 0 Å². The SMILES string of the molecule is CC(C)(C)[Si](C)(C)[Si](c1ccccc1)(c1ccccc1)[Si](c1ccccc1)(c1ccccc1)[Si](C)(C)C(C)(C)C. The lowest BCUT2D eigenvalue weighted by Gasteiger charge is -2.66. The summed E-state index contributed by atoms with van der Waals surface area (Å²) in [6, 6.07) is 47.8. The monoisotopic (exact) mass is 594 g/mol. The van der Waals surface area contributed by atoms with Crippen molar-refractivity contribution in [3.05, 3.63) is 121 Å². The summed E-state index contributed by atoms with van der Waals surface area (Å²) in [7, 11) is -9.40. The molecule has 0 spiro atoms. The van der Waals surface area contributed by atoms with E-state index in [0.717, 1.165) is 0 Å². The van der Waals surface area contributed by atoms with Gasteiger partial charge < -0.3 is 0 Å². The molecular weight excluding hydrogens is 545 g/mol. The Morgan fingerprint density at radius 1 is 0.325 bits per heavy atom. The maximum Gasteiger partial charge on any atom is 0.112 e. The summed E-state index contributed by atoms with van der Waals surface area (Å²) >= 11 is 0. The van der Waals surface area contributed by atoms with E-state index in [2.05, 4.69) is 189 Å². The average molecular weight is 595 g/mol. The van der Waals surface area contributed by atoms with Gasteiger partial charge >= 0.3 is 0 Å². The predicted octanol–water partition coefficient (Wildman–Crippen LogP) is 7.77. The number of hydrogen-bond donors (Lipinski definition) is 0. The van der Waals surface area contributed by atoms with Crippen molar-refractivity contribution in [2.45, 2.75) is 77.8 Å². The quantitative estimate of drug-likeness (QED) is 0.192. The molecule has 0 unspecified atom stereocenters. The van der Waals surface area contributed by atoms with E-state index in [0.29, 0.717) is 0 Å². The third-order valence-electron chi connectivity index (χ3n) is 11.0. The van der Waals surface area contributed by atoms with Crippen LogP contribution in [0.1, 0.15) is 41.5 Å². The lowest BCUT2D eigenvalue weighted by atomic mass is 10.2. The first-order chi connectivity index (χ1) is 18.7. The second-order valence-electron chi connectivity index (χ2n) is 14.7. The fourth-order valence-corrected chi connectivity index (χ4v) is 95.6. The molecule has 4 aromatic rings. The van der Waals surface area contributed by atoms with Gasteiger partial charge in [0.2, 0.25) is 0 Å². The standard InChI is InChI=1S/C36H50Si4/c1-35(2,3)37(7,8)39(31-23-15-11-16-24-31,32-25-17-12-18-26-32)40(33-27-19-13-20-28-33,34-29-21-14-22-30-34)38(9,10)36(4,5)6/h11-30H,1-10H3. The van der Waals surface area contributed by atoms with Gasteiger partial charge in [0.15, 0.2) is 0 Å². The molecule has 0 nitrogen and oxygen atoms in total. The van der Waals surface area contributed by atoms with Crippen molar-refractivity contribution >= 4 is 50.1 Å². The normalized spacial score (nSPS) is 13.8. The summed E-state index contributed by atoms with van der Waals surface area (Å²) in [6.07, 6.45) is 0. The molecule has 0 aromatic heterocycles. The molecule has 4 aromatic carbocycles. The van der Waals surface area contributed by atoms with E-state index < -0.39 is 29.4 Å². The molecule has 0 aliphatic rings. The highest BCUT2D eigenvalue weighted by Crippen LogP contribution is 2.51. The second-order valence-corrected chi connectivity index (χ2v) is 49.0. The van der Waals surface area contributed by atoms with Crippen LogP contribution >= 0.6 is 0 Å². The van der Waals surface area contributed by atoms with Crippen molar-refractivity contribution in [3.63, 3.8) is 0 Å². The van der Waals surface area contributed by atoms with Gasteiger partial charge in [-0.15, -0.1) is 0 Å². The average Bonchev–Trinajstić information content (AvgIpc) is 2.92. The number of rotatable bonds is 7. The zero-order valence-corrected chi connectivity index (χ0v) is 30.5. The fourth-order valence-electron chi connectivity index (χ4n) is 7.46. The first-order valence-electron chi connectivity index (χ1n) is 14.9. The van der Waals surface area contributed by atoms with Crippen LogP contribution in [0.2, 0.25) is 36.3 Å².